The zero-order chi connectivity index (χ0) is 43.7. The van der Waals surface area contributed by atoms with Crippen LogP contribution in [-0.4, -0.2) is 46.7 Å². The number of pyridine rings is 2. The van der Waals surface area contributed by atoms with Crippen LogP contribution in [0.15, 0.2) is 108 Å². The number of hydrogen-bond donors (Lipinski definition) is 4. The van der Waals surface area contributed by atoms with Crippen molar-refractivity contribution in [3.05, 3.63) is 120 Å². The number of hydrogen-bond acceptors (Lipinski definition) is 8. The minimum absolute atomic E-state index is 0.0932. The first-order valence-electron chi connectivity index (χ1n) is 23.0. The van der Waals surface area contributed by atoms with Crippen LogP contribution < -0.4 is 21.3 Å². The van der Waals surface area contributed by atoms with E-state index in [1.807, 2.05) is 24.3 Å². The Kier molecular flexibility index (Phi) is 24.5. The van der Waals surface area contributed by atoms with Crippen LogP contribution in [-0.2, 0) is 22.7 Å². The van der Waals surface area contributed by atoms with Crippen LogP contribution in [0.5, 0.6) is 0 Å². The van der Waals surface area contributed by atoms with Gasteiger partial charge < -0.3 is 21.3 Å². The van der Waals surface area contributed by atoms with E-state index in [9.17, 15) is 19.2 Å². The van der Waals surface area contributed by atoms with Crippen LogP contribution in [0.3, 0.4) is 0 Å². The van der Waals surface area contributed by atoms with Crippen molar-refractivity contribution < 1.29 is 19.2 Å². The van der Waals surface area contributed by atoms with Crippen LogP contribution >= 0.6 is 0 Å². The zero-order valence-electron chi connectivity index (χ0n) is 36.6. The zero-order valence-corrected chi connectivity index (χ0v) is 36.6. The van der Waals surface area contributed by atoms with Gasteiger partial charge >= 0.3 is 0 Å². The third-order valence-electron chi connectivity index (χ3n) is 10.8. The van der Waals surface area contributed by atoms with E-state index in [0.717, 1.165) is 88.2 Å². The first kappa shape index (κ1) is 48.9. The summed E-state index contributed by atoms with van der Waals surface area (Å²) in [6.07, 6.45) is 28.0. The van der Waals surface area contributed by atoms with Gasteiger partial charge in [0, 0.05) is 74.9 Å². The molecule has 4 rings (SSSR count). The highest BCUT2D eigenvalue weighted by Crippen LogP contribution is 2.20. The second-order valence-corrected chi connectivity index (χ2v) is 15.9. The van der Waals surface area contributed by atoms with Crippen LogP contribution in [0.25, 0.3) is 0 Å². The Labute approximate surface area is 369 Å². The number of azo groups is 1. The summed E-state index contributed by atoms with van der Waals surface area (Å²) in [5.74, 6) is 0.0325. The molecular formula is C50H68N8O4. The first-order chi connectivity index (χ1) is 30.5. The molecule has 0 radical (unpaired) electrons. The van der Waals surface area contributed by atoms with Crippen molar-refractivity contribution in [3.8, 4) is 0 Å². The molecule has 0 aliphatic heterocycles. The topological polar surface area (TPSA) is 167 Å². The molecule has 0 saturated carbocycles. The summed E-state index contributed by atoms with van der Waals surface area (Å²) in [4.78, 5) is 57.3. The van der Waals surface area contributed by atoms with Crippen LogP contribution in [0.4, 0.5) is 11.4 Å². The lowest BCUT2D eigenvalue weighted by atomic mass is 10.1. The fraction of sp³-hybridized carbons (Fsp3) is 0.480. The summed E-state index contributed by atoms with van der Waals surface area (Å²) in [6, 6.07) is 21.8. The highest BCUT2D eigenvalue weighted by Gasteiger charge is 2.07. The molecule has 2 heterocycles. The number of rotatable bonds is 32. The Hall–Kier alpha value is -5.78. The molecule has 4 N–H and O–H groups in total. The number of amides is 4. The normalized spacial score (nSPS) is 11.0. The van der Waals surface area contributed by atoms with Gasteiger partial charge in [0.2, 0.25) is 11.8 Å². The lowest BCUT2D eigenvalue weighted by Gasteiger charge is -2.06. The van der Waals surface area contributed by atoms with Gasteiger partial charge in [-0.3, -0.25) is 29.1 Å². The fourth-order valence-electron chi connectivity index (χ4n) is 6.96. The van der Waals surface area contributed by atoms with E-state index in [1.54, 1.807) is 73.3 Å². The molecule has 12 heteroatoms. The Balaban J connectivity index is 0.931. The Morgan fingerprint density at radius 2 is 0.677 bits per heavy atom. The molecule has 0 atom stereocenters. The van der Waals surface area contributed by atoms with Gasteiger partial charge in [-0.15, -0.1) is 0 Å². The molecule has 0 fully saturated rings. The minimum Gasteiger partial charge on any atom is -0.352 e. The van der Waals surface area contributed by atoms with Crippen LogP contribution in [0.1, 0.15) is 160 Å². The second kappa shape index (κ2) is 31.1. The average Bonchev–Trinajstić information content (AvgIpc) is 3.31. The summed E-state index contributed by atoms with van der Waals surface area (Å²) in [6.45, 7) is 2.42. The molecule has 0 saturated heterocycles. The first-order valence-corrected chi connectivity index (χ1v) is 23.0. The smallest absolute Gasteiger partial charge is 0.251 e. The van der Waals surface area contributed by atoms with E-state index in [4.69, 9.17) is 0 Å². The van der Waals surface area contributed by atoms with E-state index in [-0.39, 0.29) is 23.6 Å². The van der Waals surface area contributed by atoms with Gasteiger partial charge in [0.05, 0.1) is 11.4 Å². The van der Waals surface area contributed by atoms with Gasteiger partial charge in [-0.2, -0.15) is 10.2 Å². The summed E-state index contributed by atoms with van der Waals surface area (Å²) in [5, 5.41) is 20.6. The summed E-state index contributed by atoms with van der Waals surface area (Å²) >= 11 is 0. The van der Waals surface area contributed by atoms with Crippen LogP contribution in [0.2, 0.25) is 0 Å². The molecule has 4 amide bonds. The molecule has 0 bridgehead atoms. The molecule has 0 aliphatic carbocycles. The summed E-state index contributed by atoms with van der Waals surface area (Å²) < 4.78 is 0. The summed E-state index contributed by atoms with van der Waals surface area (Å²) in [5.41, 5.74) is 4.58. The highest BCUT2D eigenvalue weighted by molar-refractivity contribution is 5.95. The third-order valence-corrected chi connectivity index (χ3v) is 10.8. The van der Waals surface area contributed by atoms with E-state index in [0.29, 0.717) is 61.5 Å². The van der Waals surface area contributed by atoms with Crippen molar-refractivity contribution in [2.24, 2.45) is 10.2 Å². The van der Waals surface area contributed by atoms with E-state index in [2.05, 4.69) is 41.5 Å². The molecule has 2 aromatic heterocycles. The number of unbranched alkanes of at least 4 members (excludes halogenated alkanes) is 16. The van der Waals surface area contributed by atoms with Crippen molar-refractivity contribution in [1.82, 2.24) is 31.2 Å². The molecule has 0 spiro atoms. The van der Waals surface area contributed by atoms with Gasteiger partial charge in [0.25, 0.3) is 11.8 Å². The van der Waals surface area contributed by atoms with Crippen molar-refractivity contribution in [3.63, 3.8) is 0 Å². The lowest BCUT2D eigenvalue weighted by molar-refractivity contribution is -0.122. The molecule has 2 aromatic carbocycles. The van der Waals surface area contributed by atoms with Gasteiger partial charge in [-0.05, 0) is 110 Å². The minimum atomic E-state index is -0.0932. The number of carbonyl (C=O) groups excluding carboxylic acids is 4. The second-order valence-electron chi connectivity index (χ2n) is 15.9. The lowest BCUT2D eigenvalue weighted by Crippen LogP contribution is -2.24. The van der Waals surface area contributed by atoms with E-state index in [1.165, 1.54) is 38.5 Å². The predicted octanol–water partition coefficient (Wildman–Crippen LogP) is 10.8. The number of nitrogens with zero attached hydrogens (tertiary/aromatic N) is 4. The fourth-order valence-corrected chi connectivity index (χ4v) is 6.96. The Morgan fingerprint density at radius 3 is 1.02 bits per heavy atom. The van der Waals surface area contributed by atoms with Crippen molar-refractivity contribution in [2.75, 3.05) is 13.1 Å². The molecule has 62 heavy (non-hydrogen) atoms. The van der Waals surface area contributed by atoms with Crippen molar-refractivity contribution in [1.29, 1.82) is 0 Å². The number of aromatic nitrogens is 2. The molecule has 332 valence electrons. The average molecular weight is 845 g/mol. The molecule has 0 aliphatic rings. The number of benzene rings is 2. The van der Waals surface area contributed by atoms with Gasteiger partial charge in [0.1, 0.15) is 0 Å². The molecule has 0 unspecified atom stereocenters. The SMILES string of the molecule is O=C(CCCCCCCCCCCNC(=O)c1ccc(N=Nc2ccc(C(=O)NCCCCCCCCCCCC(=O)NCc3ccncc3)cc2)cc1)NCc1ccncc1. The third kappa shape index (κ3) is 22.2. The maximum Gasteiger partial charge on any atom is 0.251 e. The molecule has 4 aromatic rings. The Morgan fingerprint density at radius 1 is 0.371 bits per heavy atom. The van der Waals surface area contributed by atoms with Gasteiger partial charge in [0.15, 0.2) is 0 Å². The monoisotopic (exact) mass is 845 g/mol. The van der Waals surface area contributed by atoms with Crippen molar-refractivity contribution in [2.45, 2.75) is 142 Å². The van der Waals surface area contributed by atoms with Crippen LogP contribution in [0, 0.1) is 0 Å². The maximum absolute atomic E-state index is 12.6. The summed E-state index contributed by atoms with van der Waals surface area (Å²) in [7, 11) is 0. The van der Waals surface area contributed by atoms with Gasteiger partial charge in [-0.25, -0.2) is 0 Å². The Bertz CT molecular complexity index is 1740. The standard InChI is InChI=1S/C50H68N8O4/c59-47(55-39-41-29-35-51-36-30-41)19-15-11-7-3-1-5-9-13-17-33-53-49(61)43-21-25-45(26-22-43)57-58-46-27-23-44(24-28-46)50(62)54-34-18-14-10-6-2-4-8-12-16-20-48(60)56-40-42-31-37-52-38-32-42/h21-32,35-38H,1-20,33-34,39-40H2,(H,53,61)(H,54,62)(H,55,59)(H,56,60). The van der Waals surface area contributed by atoms with Gasteiger partial charge in [-0.1, -0.05) is 89.9 Å². The number of nitrogens with one attached hydrogen (secondary N) is 4. The predicted molar refractivity (Wildman–Crippen MR) is 246 cm³/mol. The van der Waals surface area contributed by atoms with E-state index < -0.39 is 0 Å². The van der Waals surface area contributed by atoms with Crippen molar-refractivity contribution >= 4 is 35.0 Å². The highest BCUT2D eigenvalue weighted by atomic mass is 16.2. The maximum atomic E-state index is 12.6. The molecule has 12 nitrogen and oxygen atoms in total. The number of carbonyl (C=O) groups is 4. The quantitative estimate of drug-likeness (QED) is 0.0282. The molecular weight excluding hydrogens is 777 g/mol. The van der Waals surface area contributed by atoms with E-state index >= 15 is 0 Å². The largest absolute Gasteiger partial charge is 0.352 e.